The predicted molar refractivity (Wildman–Crippen MR) is 76.1 cm³/mol. The van der Waals surface area contributed by atoms with Crippen molar-refractivity contribution in [1.82, 2.24) is 0 Å². The Labute approximate surface area is 123 Å². The van der Waals surface area contributed by atoms with E-state index in [2.05, 4.69) is 15.9 Å². The molecule has 1 aliphatic rings. The van der Waals surface area contributed by atoms with E-state index < -0.39 is 17.5 Å². The summed E-state index contributed by atoms with van der Waals surface area (Å²) in [5, 5.41) is 0. The van der Waals surface area contributed by atoms with E-state index >= 15 is 0 Å². The van der Waals surface area contributed by atoms with Gasteiger partial charge in [-0.3, -0.25) is 9.59 Å². The summed E-state index contributed by atoms with van der Waals surface area (Å²) in [6.07, 6.45) is 0. The molecule has 3 nitrogen and oxygen atoms in total. The molecule has 0 saturated carbocycles. The Morgan fingerprint density at radius 3 is 2.60 bits per heavy atom. The monoisotopic (exact) mass is 333 g/mol. The Bertz CT molecular complexity index is 730. The van der Waals surface area contributed by atoms with Crippen molar-refractivity contribution in [3.63, 3.8) is 0 Å². The molecule has 20 heavy (non-hydrogen) atoms. The first-order valence-corrected chi connectivity index (χ1v) is 6.76. The number of amides is 1. The van der Waals surface area contributed by atoms with Crippen LogP contribution in [0.15, 0.2) is 46.9 Å². The third-order valence-corrected chi connectivity index (χ3v) is 3.71. The van der Waals surface area contributed by atoms with Gasteiger partial charge in [-0.2, -0.15) is 0 Å². The molecule has 0 atom stereocenters. The largest absolute Gasteiger partial charge is 0.300 e. The Balaban J connectivity index is 2.03. The van der Waals surface area contributed by atoms with Crippen LogP contribution in [-0.4, -0.2) is 11.7 Å². The molecule has 1 aliphatic heterocycles. The number of ketones is 1. The lowest BCUT2D eigenvalue weighted by atomic mass is 10.1. The van der Waals surface area contributed by atoms with Crippen LogP contribution in [0, 0.1) is 5.82 Å². The number of hydrogen-bond donors (Lipinski definition) is 0. The molecule has 0 aliphatic carbocycles. The highest BCUT2D eigenvalue weighted by atomic mass is 79.9. The van der Waals surface area contributed by atoms with Gasteiger partial charge in [0.2, 0.25) is 0 Å². The van der Waals surface area contributed by atoms with Crippen molar-refractivity contribution in [1.29, 1.82) is 0 Å². The fraction of sp³-hybridized carbons (Fsp3) is 0.0667. The average Bonchev–Trinajstić information content (AvgIpc) is 2.66. The number of Topliss-reactive ketones (excluding diaryl/α,β-unsaturated/α-hetero) is 1. The summed E-state index contributed by atoms with van der Waals surface area (Å²) in [4.78, 5) is 25.2. The molecule has 1 amide bonds. The number of nitrogens with zero attached hydrogens (tertiary/aromatic N) is 1. The van der Waals surface area contributed by atoms with Crippen molar-refractivity contribution in [2.75, 3.05) is 4.90 Å². The molecule has 0 fully saturated rings. The van der Waals surface area contributed by atoms with Crippen molar-refractivity contribution >= 4 is 33.3 Å². The molecule has 2 aromatic carbocycles. The lowest BCUT2D eigenvalue weighted by Gasteiger charge is -2.17. The fourth-order valence-electron chi connectivity index (χ4n) is 2.22. The summed E-state index contributed by atoms with van der Waals surface area (Å²) >= 11 is 3.31. The van der Waals surface area contributed by atoms with E-state index in [-0.39, 0.29) is 6.54 Å². The molecule has 0 radical (unpaired) electrons. The maximum absolute atomic E-state index is 13.7. The number of hydrogen-bond acceptors (Lipinski definition) is 2. The maximum Gasteiger partial charge on any atom is 0.299 e. The molecule has 0 spiro atoms. The van der Waals surface area contributed by atoms with Crippen molar-refractivity contribution in [3.8, 4) is 0 Å². The van der Waals surface area contributed by atoms with E-state index in [1.165, 1.54) is 11.0 Å². The van der Waals surface area contributed by atoms with Crippen LogP contribution in [-0.2, 0) is 11.3 Å². The summed E-state index contributed by atoms with van der Waals surface area (Å²) in [6, 6.07) is 11.2. The summed E-state index contributed by atoms with van der Waals surface area (Å²) in [6.45, 7) is 0.0424. The van der Waals surface area contributed by atoms with Crippen LogP contribution in [0.4, 0.5) is 10.1 Å². The molecule has 0 saturated heterocycles. The van der Waals surface area contributed by atoms with Gasteiger partial charge in [0.25, 0.3) is 11.7 Å². The van der Waals surface area contributed by atoms with Crippen LogP contribution in [0.5, 0.6) is 0 Å². The summed E-state index contributed by atoms with van der Waals surface area (Å²) in [5.74, 6) is -1.57. The Morgan fingerprint density at radius 2 is 1.85 bits per heavy atom. The molecule has 1 heterocycles. The topological polar surface area (TPSA) is 37.4 Å². The second-order valence-electron chi connectivity index (χ2n) is 4.47. The zero-order chi connectivity index (χ0) is 14.3. The van der Waals surface area contributed by atoms with Crippen molar-refractivity contribution in [3.05, 3.63) is 63.9 Å². The number of halogens is 2. The smallest absolute Gasteiger partial charge is 0.299 e. The van der Waals surface area contributed by atoms with Crippen LogP contribution in [0.2, 0.25) is 0 Å². The number of anilines is 1. The SMILES string of the molecule is O=C1C(=O)N(Cc2ccccc2F)c2cc(Br)ccc21. The van der Waals surface area contributed by atoms with Crippen LogP contribution >= 0.6 is 15.9 Å². The Morgan fingerprint density at radius 1 is 1.10 bits per heavy atom. The van der Waals surface area contributed by atoms with E-state index in [0.717, 1.165) is 4.47 Å². The molecule has 0 bridgehead atoms. The van der Waals surface area contributed by atoms with Gasteiger partial charge in [0, 0.05) is 10.0 Å². The third-order valence-electron chi connectivity index (χ3n) is 3.22. The van der Waals surface area contributed by atoms with Crippen LogP contribution in [0.25, 0.3) is 0 Å². The van der Waals surface area contributed by atoms with Gasteiger partial charge in [0.15, 0.2) is 0 Å². The van der Waals surface area contributed by atoms with E-state index in [1.807, 2.05) is 0 Å². The van der Waals surface area contributed by atoms with Crippen LogP contribution in [0.1, 0.15) is 15.9 Å². The van der Waals surface area contributed by atoms with Crippen molar-refractivity contribution in [2.24, 2.45) is 0 Å². The van der Waals surface area contributed by atoms with Gasteiger partial charge < -0.3 is 4.90 Å². The molecule has 2 aromatic rings. The van der Waals surface area contributed by atoms with Gasteiger partial charge in [-0.1, -0.05) is 34.1 Å². The summed E-state index contributed by atoms with van der Waals surface area (Å²) in [5.41, 5.74) is 1.24. The Hall–Kier alpha value is -2.01. The zero-order valence-electron chi connectivity index (χ0n) is 10.3. The van der Waals surface area contributed by atoms with Crippen molar-refractivity contribution in [2.45, 2.75) is 6.54 Å². The number of benzene rings is 2. The van der Waals surface area contributed by atoms with Crippen molar-refractivity contribution < 1.29 is 14.0 Å². The first kappa shape index (κ1) is 13.0. The number of carbonyl (C=O) groups excluding carboxylic acids is 2. The lowest BCUT2D eigenvalue weighted by molar-refractivity contribution is -0.114. The van der Waals surface area contributed by atoms with E-state index in [1.54, 1.807) is 36.4 Å². The number of carbonyl (C=O) groups is 2. The van der Waals surface area contributed by atoms with E-state index in [4.69, 9.17) is 0 Å². The normalized spacial score (nSPS) is 13.8. The minimum atomic E-state index is -0.624. The Kier molecular flexibility index (Phi) is 3.14. The zero-order valence-corrected chi connectivity index (χ0v) is 11.9. The van der Waals surface area contributed by atoms with Crippen LogP contribution < -0.4 is 4.90 Å². The van der Waals surface area contributed by atoms with Gasteiger partial charge in [0.05, 0.1) is 17.8 Å². The summed E-state index contributed by atoms with van der Waals surface area (Å²) in [7, 11) is 0. The first-order chi connectivity index (χ1) is 9.58. The number of rotatable bonds is 2. The second-order valence-corrected chi connectivity index (χ2v) is 5.39. The molecule has 0 unspecified atom stereocenters. The van der Waals surface area contributed by atoms with Gasteiger partial charge in [-0.05, 0) is 24.3 Å². The highest BCUT2D eigenvalue weighted by molar-refractivity contribution is 9.10. The third kappa shape index (κ3) is 2.04. The average molecular weight is 334 g/mol. The predicted octanol–water partition coefficient (Wildman–Crippen LogP) is 3.32. The minimum Gasteiger partial charge on any atom is -0.300 e. The highest BCUT2D eigenvalue weighted by Gasteiger charge is 2.36. The quantitative estimate of drug-likeness (QED) is 0.790. The molecule has 0 N–H and O–H groups in total. The lowest BCUT2D eigenvalue weighted by Crippen LogP contribution is -2.29. The maximum atomic E-state index is 13.7. The van der Waals surface area contributed by atoms with E-state index in [0.29, 0.717) is 16.8 Å². The van der Waals surface area contributed by atoms with Gasteiger partial charge >= 0.3 is 0 Å². The molecule has 100 valence electrons. The second kappa shape index (κ2) is 4.83. The highest BCUT2D eigenvalue weighted by Crippen LogP contribution is 2.33. The standard InChI is InChI=1S/C15H9BrFNO2/c16-10-5-6-11-13(7-10)18(15(20)14(11)19)8-9-3-1-2-4-12(9)17/h1-7H,8H2. The summed E-state index contributed by atoms with van der Waals surface area (Å²) < 4.78 is 14.5. The van der Waals surface area contributed by atoms with E-state index in [9.17, 15) is 14.0 Å². The molecule has 0 aromatic heterocycles. The number of fused-ring (bicyclic) bond motifs is 1. The van der Waals surface area contributed by atoms with Gasteiger partial charge in [-0.15, -0.1) is 0 Å². The van der Waals surface area contributed by atoms with Gasteiger partial charge in [-0.25, -0.2) is 4.39 Å². The van der Waals surface area contributed by atoms with Gasteiger partial charge in [0.1, 0.15) is 5.82 Å². The molecule has 5 heteroatoms. The first-order valence-electron chi connectivity index (χ1n) is 5.97. The minimum absolute atomic E-state index is 0.0424. The molecular weight excluding hydrogens is 325 g/mol. The van der Waals surface area contributed by atoms with Crippen LogP contribution in [0.3, 0.4) is 0 Å². The molecular formula is C15H9BrFNO2. The molecule has 3 rings (SSSR count). The fourth-order valence-corrected chi connectivity index (χ4v) is 2.57.